The SMILES string of the molecule is CC(N=c1scc(-c2ccc3c(c2)NC(=O)CO3)n1/N=C/c1cnn(-c2ccc(F)cc2)c1)c1ccc(Cl)cc1Cl. The Morgan fingerprint density at radius 1 is 1.15 bits per heavy atom. The fourth-order valence-electron chi connectivity index (χ4n) is 4.28. The Bertz CT molecular complexity index is 1860. The number of hydrogen-bond acceptors (Lipinski definition) is 6. The molecule has 3 aromatic carbocycles. The van der Waals surface area contributed by atoms with E-state index in [1.165, 1.54) is 23.5 Å². The van der Waals surface area contributed by atoms with Crippen LogP contribution >= 0.6 is 34.5 Å². The van der Waals surface area contributed by atoms with E-state index in [-0.39, 0.29) is 24.4 Å². The maximum atomic E-state index is 13.3. The first kappa shape index (κ1) is 26.9. The number of rotatable bonds is 6. The summed E-state index contributed by atoms with van der Waals surface area (Å²) in [5.41, 5.74) is 4.43. The Morgan fingerprint density at radius 2 is 1.98 bits per heavy atom. The summed E-state index contributed by atoms with van der Waals surface area (Å²) in [4.78, 5) is 17.5. The summed E-state index contributed by atoms with van der Waals surface area (Å²) in [5, 5.41) is 15.0. The number of hydrogen-bond donors (Lipinski definition) is 1. The lowest BCUT2D eigenvalue weighted by Crippen LogP contribution is -2.25. The normalized spacial score (nSPS) is 14.1. The first-order valence-corrected chi connectivity index (χ1v) is 14.1. The van der Waals surface area contributed by atoms with Crippen molar-refractivity contribution in [3.05, 3.63) is 110 Å². The number of aromatic nitrogens is 3. The average molecular weight is 607 g/mol. The number of thiazole rings is 1. The highest BCUT2D eigenvalue weighted by molar-refractivity contribution is 7.07. The number of carbonyl (C=O) groups is 1. The van der Waals surface area contributed by atoms with E-state index in [1.807, 2.05) is 36.6 Å². The molecule has 3 heterocycles. The molecule has 41 heavy (non-hydrogen) atoms. The smallest absolute Gasteiger partial charge is 0.262 e. The van der Waals surface area contributed by atoms with E-state index >= 15 is 0 Å². The molecule has 1 amide bonds. The molecule has 1 aliphatic heterocycles. The molecule has 1 unspecified atom stereocenters. The van der Waals surface area contributed by atoms with Crippen LogP contribution in [-0.2, 0) is 4.79 Å². The molecule has 0 saturated heterocycles. The van der Waals surface area contributed by atoms with Gasteiger partial charge in [0.2, 0.25) is 4.80 Å². The predicted octanol–water partition coefficient (Wildman–Crippen LogP) is 6.72. The molecule has 1 aliphatic rings. The third-order valence-corrected chi connectivity index (χ3v) is 7.72. The van der Waals surface area contributed by atoms with E-state index < -0.39 is 0 Å². The molecular formula is C29H21Cl2FN6O2S. The van der Waals surface area contributed by atoms with Gasteiger partial charge in [-0.15, -0.1) is 11.3 Å². The zero-order valence-corrected chi connectivity index (χ0v) is 23.8. The highest BCUT2D eigenvalue weighted by atomic mass is 35.5. The van der Waals surface area contributed by atoms with Gasteiger partial charge in [-0.2, -0.15) is 10.2 Å². The number of carbonyl (C=O) groups excluding carboxylic acids is 1. The molecule has 206 valence electrons. The van der Waals surface area contributed by atoms with Gasteiger partial charge in [-0.1, -0.05) is 29.3 Å². The fourth-order valence-corrected chi connectivity index (χ4v) is 5.76. The molecule has 1 atom stereocenters. The summed E-state index contributed by atoms with van der Waals surface area (Å²) in [6.45, 7) is 1.93. The monoisotopic (exact) mass is 606 g/mol. The lowest BCUT2D eigenvalue weighted by Gasteiger charge is -2.18. The lowest BCUT2D eigenvalue weighted by molar-refractivity contribution is -0.118. The van der Waals surface area contributed by atoms with Crippen LogP contribution in [0.15, 0.2) is 88.5 Å². The fraction of sp³-hybridized carbons (Fsp3) is 0.103. The van der Waals surface area contributed by atoms with Crippen LogP contribution in [0.1, 0.15) is 24.1 Å². The first-order valence-electron chi connectivity index (χ1n) is 12.5. The van der Waals surface area contributed by atoms with Gasteiger partial charge in [0.25, 0.3) is 5.91 Å². The molecule has 0 aliphatic carbocycles. The standard InChI is InChI=1S/C29H21Cl2FN6O2S/c1-17(23-8-3-20(30)11-24(23)31)35-29-38(34-13-18-12-33-37(14-18)22-6-4-21(32)5-7-22)26(16-41-29)19-2-9-27-25(10-19)36-28(39)15-40-27/h2-14,16-17H,15H2,1H3,(H,36,39)/b34-13+,35-29?. The molecule has 2 aromatic heterocycles. The molecule has 0 saturated carbocycles. The van der Waals surface area contributed by atoms with Crippen LogP contribution in [-0.4, -0.2) is 33.2 Å². The number of anilines is 1. The van der Waals surface area contributed by atoms with Gasteiger partial charge in [0.15, 0.2) is 6.61 Å². The number of nitrogens with one attached hydrogen (secondary N) is 1. The zero-order chi connectivity index (χ0) is 28.5. The van der Waals surface area contributed by atoms with E-state index in [1.54, 1.807) is 52.2 Å². The predicted molar refractivity (Wildman–Crippen MR) is 159 cm³/mol. The van der Waals surface area contributed by atoms with Crippen molar-refractivity contribution in [2.45, 2.75) is 13.0 Å². The van der Waals surface area contributed by atoms with Crippen LogP contribution in [0.2, 0.25) is 10.0 Å². The first-order chi connectivity index (χ1) is 19.8. The number of fused-ring (bicyclic) bond motifs is 1. The second-order valence-electron chi connectivity index (χ2n) is 9.17. The van der Waals surface area contributed by atoms with Crippen LogP contribution in [0.4, 0.5) is 10.1 Å². The molecule has 0 spiro atoms. The minimum atomic E-state index is -0.317. The Morgan fingerprint density at radius 3 is 2.78 bits per heavy atom. The van der Waals surface area contributed by atoms with Gasteiger partial charge in [-0.05, 0) is 67.1 Å². The van der Waals surface area contributed by atoms with E-state index in [2.05, 4.69) is 10.4 Å². The van der Waals surface area contributed by atoms with E-state index in [9.17, 15) is 9.18 Å². The van der Waals surface area contributed by atoms with Crippen LogP contribution in [0, 0.1) is 5.82 Å². The highest BCUT2D eigenvalue weighted by Crippen LogP contribution is 2.33. The van der Waals surface area contributed by atoms with Gasteiger partial charge in [0.1, 0.15) is 11.6 Å². The van der Waals surface area contributed by atoms with Crippen molar-refractivity contribution in [3.63, 3.8) is 0 Å². The quantitative estimate of drug-likeness (QED) is 0.218. The maximum Gasteiger partial charge on any atom is 0.262 e. The van der Waals surface area contributed by atoms with Gasteiger partial charge in [-0.25, -0.2) is 18.7 Å². The van der Waals surface area contributed by atoms with Crippen molar-refractivity contribution < 1.29 is 13.9 Å². The van der Waals surface area contributed by atoms with E-state index in [4.69, 9.17) is 38.0 Å². The van der Waals surface area contributed by atoms with Crippen LogP contribution in [0.25, 0.3) is 16.9 Å². The van der Waals surface area contributed by atoms with Crippen LogP contribution in [0.3, 0.4) is 0 Å². The summed E-state index contributed by atoms with van der Waals surface area (Å²) >= 11 is 14.0. The lowest BCUT2D eigenvalue weighted by atomic mass is 10.1. The molecule has 0 fully saturated rings. The summed E-state index contributed by atoms with van der Waals surface area (Å²) in [6, 6.07) is 16.7. The highest BCUT2D eigenvalue weighted by Gasteiger charge is 2.18. The third kappa shape index (κ3) is 5.81. The van der Waals surface area contributed by atoms with Crippen LogP contribution < -0.4 is 14.9 Å². The minimum Gasteiger partial charge on any atom is -0.482 e. The molecule has 0 radical (unpaired) electrons. The third-order valence-electron chi connectivity index (χ3n) is 6.33. The molecular weight excluding hydrogens is 586 g/mol. The summed E-state index contributed by atoms with van der Waals surface area (Å²) in [5.74, 6) is 0.0684. The molecule has 8 nitrogen and oxygen atoms in total. The minimum absolute atomic E-state index is 0.0190. The Kier molecular flexibility index (Phi) is 7.44. The van der Waals surface area contributed by atoms with Gasteiger partial charge >= 0.3 is 0 Å². The van der Waals surface area contributed by atoms with Crippen molar-refractivity contribution >= 4 is 52.3 Å². The van der Waals surface area contributed by atoms with Crippen molar-refractivity contribution in [2.75, 3.05) is 11.9 Å². The molecule has 5 aromatic rings. The average Bonchev–Trinajstić information content (AvgIpc) is 3.59. The topological polar surface area (TPSA) is 85.8 Å². The summed E-state index contributed by atoms with van der Waals surface area (Å²) in [6.07, 6.45) is 5.13. The van der Waals surface area contributed by atoms with Gasteiger partial charge in [0, 0.05) is 32.7 Å². The molecule has 12 heteroatoms. The second kappa shape index (κ2) is 11.3. The van der Waals surface area contributed by atoms with Crippen molar-refractivity contribution in [3.8, 4) is 22.7 Å². The molecule has 6 rings (SSSR count). The Hall–Kier alpha value is -4.25. The van der Waals surface area contributed by atoms with Crippen molar-refractivity contribution in [1.82, 2.24) is 14.5 Å². The van der Waals surface area contributed by atoms with Crippen LogP contribution in [0.5, 0.6) is 5.75 Å². The van der Waals surface area contributed by atoms with E-state index in [0.717, 1.165) is 28.1 Å². The van der Waals surface area contributed by atoms with Gasteiger partial charge < -0.3 is 10.1 Å². The number of ether oxygens (including phenoxy) is 1. The Labute approximate surface area is 248 Å². The van der Waals surface area contributed by atoms with E-state index in [0.29, 0.717) is 26.3 Å². The number of halogens is 3. The summed E-state index contributed by atoms with van der Waals surface area (Å²) < 4.78 is 22.2. The number of amides is 1. The molecule has 1 N–H and O–H groups in total. The largest absolute Gasteiger partial charge is 0.482 e. The van der Waals surface area contributed by atoms with Gasteiger partial charge in [0.05, 0.1) is 35.5 Å². The number of nitrogens with zero attached hydrogens (tertiary/aromatic N) is 5. The zero-order valence-electron chi connectivity index (χ0n) is 21.5. The van der Waals surface area contributed by atoms with Gasteiger partial charge in [-0.3, -0.25) is 4.79 Å². The molecule has 0 bridgehead atoms. The second-order valence-corrected chi connectivity index (χ2v) is 10.9. The number of benzene rings is 3. The maximum absolute atomic E-state index is 13.3. The summed E-state index contributed by atoms with van der Waals surface area (Å²) in [7, 11) is 0. The van der Waals surface area contributed by atoms with Crippen molar-refractivity contribution in [2.24, 2.45) is 10.1 Å². The Balaban J connectivity index is 1.41. The van der Waals surface area contributed by atoms with Crippen molar-refractivity contribution in [1.29, 1.82) is 0 Å².